The molecule has 1 N–H and O–H groups in total. The summed E-state index contributed by atoms with van der Waals surface area (Å²) in [5.74, 6) is -0.226. The third-order valence-corrected chi connectivity index (χ3v) is 5.74. The minimum absolute atomic E-state index is 0.0812. The maximum absolute atomic E-state index is 13.7. The van der Waals surface area contributed by atoms with Crippen LogP contribution in [0.3, 0.4) is 0 Å². The van der Waals surface area contributed by atoms with Crippen LogP contribution in [0.25, 0.3) is 0 Å². The lowest BCUT2D eigenvalue weighted by molar-refractivity contribution is 0.0393. The van der Waals surface area contributed by atoms with E-state index in [1.165, 1.54) is 17.2 Å². The summed E-state index contributed by atoms with van der Waals surface area (Å²) in [4.78, 5) is 4.75. The zero-order chi connectivity index (χ0) is 21.5. The van der Waals surface area contributed by atoms with Gasteiger partial charge in [0.05, 0.1) is 6.04 Å². The Morgan fingerprint density at radius 2 is 1.32 bits per heavy atom. The molecule has 1 fully saturated rings. The number of hydrogen-bond donors (Lipinski definition) is 1. The number of rotatable bonds is 8. The van der Waals surface area contributed by atoms with Gasteiger partial charge in [-0.25, -0.2) is 4.39 Å². The van der Waals surface area contributed by atoms with Crippen molar-refractivity contribution in [2.75, 3.05) is 39.3 Å². The molecule has 0 radical (unpaired) electrons. The van der Waals surface area contributed by atoms with Crippen molar-refractivity contribution in [3.8, 4) is 5.75 Å². The number of piperazine rings is 1. The predicted octanol–water partition coefficient (Wildman–Crippen LogP) is 3.97. The largest absolute Gasteiger partial charge is 0.488 e. The van der Waals surface area contributed by atoms with Crippen molar-refractivity contribution in [2.45, 2.75) is 12.1 Å². The summed E-state index contributed by atoms with van der Waals surface area (Å²) in [7, 11) is 0. The molecule has 1 atom stereocenters. The Hall–Kier alpha value is -2.73. The van der Waals surface area contributed by atoms with Crippen molar-refractivity contribution in [3.05, 3.63) is 102 Å². The van der Waals surface area contributed by atoms with E-state index in [9.17, 15) is 9.50 Å². The number of β-amino-alcohol motifs (C(OH)–C–C–N with tert-alkyl or cyclic N) is 1. The Morgan fingerprint density at radius 3 is 1.90 bits per heavy atom. The monoisotopic (exact) mass is 420 g/mol. The van der Waals surface area contributed by atoms with E-state index in [0.29, 0.717) is 6.54 Å². The Labute approximate surface area is 183 Å². The third-order valence-electron chi connectivity index (χ3n) is 5.74. The smallest absolute Gasteiger partial charge is 0.165 e. The maximum Gasteiger partial charge on any atom is 0.165 e. The van der Waals surface area contributed by atoms with Gasteiger partial charge in [-0.2, -0.15) is 0 Å². The van der Waals surface area contributed by atoms with Crippen LogP contribution in [0.1, 0.15) is 17.2 Å². The lowest BCUT2D eigenvalue weighted by Gasteiger charge is -2.40. The number of aliphatic hydroxyl groups is 1. The first-order valence-corrected chi connectivity index (χ1v) is 10.8. The summed E-state index contributed by atoms with van der Waals surface area (Å²) in [5, 5.41) is 10.4. The Kier molecular flexibility index (Phi) is 7.30. The molecule has 3 aromatic carbocycles. The van der Waals surface area contributed by atoms with Crippen LogP contribution in [0.15, 0.2) is 84.9 Å². The minimum Gasteiger partial charge on any atom is -0.488 e. The number of ether oxygens (including phenoxy) is 1. The van der Waals surface area contributed by atoms with Crippen LogP contribution in [-0.2, 0) is 0 Å². The fourth-order valence-corrected chi connectivity index (χ4v) is 4.19. The number of hydrogen-bond acceptors (Lipinski definition) is 4. The standard InChI is InChI=1S/C26H29FN2O2/c27-24-13-7-8-14-25(24)31-20-23(30)19-28-15-17-29(18-16-28)26(21-9-3-1-4-10-21)22-11-5-2-6-12-22/h1-14,23,26,30H,15-20H2/t23-/m1/s1. The molecular formula is C26H29FN2O2. The van der Waals surface area contributed by atoms with Crippen molar-refractivity contribution < 1.29 is 14.2 Å². The number of aliphatic hydroxyl groups excluding tert-OH is 1. The van der Waals surface area contributed by atoms with Crippen molar-refractivity contribution >= 4 is 0 Å². The lowest BCUT2D eigenvalue weighted by Crippen LogP contribution is -2.50. The molecule has 31 heavy (non-hydrogen) atoms. The average Bonchev–Trinajstić information content (AvgIpc) is 2.81. The van der Waals surface area contributed by atoms with E-state index < -0.39 is 11.9 Å². The van der Waals surface area contributed by atoms with Crippen LogP contribution in [-0.4, -0.2) is 60.3 Å². The normalized spacial score (nSPS) is 16.4. The van der Waals surface area contributed by atoms with Gasteiger partial charge in [-0.15, -0.1) is 0 Å². The molecule has 1 saturated heterocycles. The van der Waals surface area contributed by atoms with Gasteiger partial charge < -0.3 is 9.84 Å². The molecular weight excluding hydrogens is 391 g/mol. The fourth-order valence-electron chi connectivity index (χ4n) is 4.19. The van der Waals surface area contributed by atoms with Crippen LogP contribution >= 0.6 is 0 Å². The highest BCUT2D eigenvalue weighted by Crippen LogP contribution is 2.29. The number of benzene rings is 3. The quantitative estimate of drug-likeness (QED) is 0.598. The summed E-state index contributed by atoms with van der Waals surface area (Å²) in [6, 6.07) is 27.7. The zero-order valence-electron chi connectivity index (χ0n) is 17.6. The summed E-state index contributed by atoms with van der Waals surface area (Å²) < 4.78 is 19.1. The molecule has 0 aliphatic carbocycles. The van der Waals surface area contributed by atoms with E-state index in [2.05, 4.69) is 58.3 Å². The Balaban J connectivity index is 1.33. The Bertz CT molecular complexity index is 891. The van der Waals surface area contributed by atoms with Gasteiger partial charge >= 0.3 is 0 Å². The van der Waals surface area contributed by atoms with Crippen LogP contribution < -0.4 is 4.74 Å². The first kappa shape index (κ1) is 21.5. The zero-order valence-corrected chi connectivity index (χ0v) is 17.6. The second-order valence-corrected chi connectivity index (χ2v) is 7.96. The highest BCUT2D eigenvalue weighted by molar-refractivity contribution is 5.32. The second-order valence-electron chi connectivity index (χ2n) is 7.96. The van der Waals surface area contributed by atoms with Crippen LogP contribution in [0.5, 0.6) is 5.75 Å². The number of nitrogens with zero attached hydrogens (tertiary/aromatic N) is 2. The molecule has 1 aliphatic rings. The van der Waals surface area contributed by atoms with E-state index in [-0.39, 0.29) is 18.4 Å². The van der Waals surface area contributed by atoms with E-state index in [4.69, 9.17) is 4.74 Å². The molecule has 0 aromatic heterocycles. The third kappa shape index (κ3) is 5.70. The fraction of sp³-hybridized carbons (Fsp3) is 0.308. The van der Waals surface area contributed by atoms with E-state index >= 15 is 0 Å². The van der Waals surface area contributed by atoms with E-state index in [1.807, 2.05) is 12.1 Å². The molecule has 0 bridgehead atoms. The summed E-state index contributed by atoms with van der Waals surface area (Å²) in [5.41, 5.74) is 2.58. The van der Waals surface area contributed by atoms with Crippen LogP contribution in [0, 0.1) is 5.82 Å². The van der Waals surface area contributed by atoms with Gasteiger partial charge in [0.1, 0.15) is 12.7 Å². The highest BCUT2D eigenvalue weighted by Gasteiger charge is 2.27. The van der Waals surface area contributed by atoms with Gasteiger partial charge in [0, 0.05) is 32.7 Å². The highest BCUT2D eigenvalue weighted by atomic mass is 19.1. The molecule has 5 heteroatoms. The topological polar surface area (TPSA) is 35.9 Å². The molecule has 1 heterocycles. The van der Waals surface area contributed by atoms with Gasteiger partial charge in [-0.05, 0) is 23.3 Å². The predicted molar refractivity (Wildman–Crippen MR) is 121 cm³/mol. The molecule has 0 spiro atoms. The minimum atomic E-state index is -0.662. The summed E-state index contributed by atoms with van der Waals surface area (Å²) >= 11 is 0. The molecule has 0 amide bonds. The Morgan fingerprint density at radius 1 is 0.774 bits per heavy atom. The van der Waals surface area contributed by atoms with Crippen molar-refractivity contribution in [3.63, 3.8) is 0 Å². The van der Waals surface area contributed by atoms with Crippen molar-refractivity contribution in [1.82, 2.24) is 9.80 Å². The molecule has 0 saturated carbocycles. The van der Waals surface area contributed by atoms with E-state index in [1.54, 1.807) is 18.2 Å². The molecule has 4 nitrogen and oxygen atoms in total. The second kappa shape index (κ2) is 10.5. The van der Waals surface area contributed by atoms with Crippen LogP contribution in [0.4, 0.5) is 4.39 Å². The molecule has 1 aliphatic heterocycles. The van der Waals surface area contributed by atoms with Crippen molar-refractivity contribution in [2.24, 2.45) is 0 Å². The molecule has 3 aromatic rings. The van der Waals surface area contributed by atoms with Gasteiger partial charge in [-0.3, -0.25) is 9.80 Å². The maximum atomic E-state index is 13.7. The number of para-hydroxylation sites is 1. The molecule has 0 unspecified atom stereocenters. The van der Waals surface area contributed by atoms with Gasteiger partial charge in [0.25, 0.3) is 0 Å². The first-order chi connectivity index (χ1) is 15.2. The molecule has 162 valence electrons. The SMILES string of the molecule is O[C@@H](COc1ccccc1F)CN1CCN(C(c2ccccc2)c2ccccc2)CC1. The summed E-state index contributed by atoms with van der Waals surface area (Å²) in [6.07, 6.45) is -0.662. The van der Waals surface area contributed by atoms with Gasteiger partial charge in [0.15, 0.2) is 11.6 Å². The summed E-state index contributed by atoms with van der Waals surface area (Å²) in [6.45, 7) is 4.16. The first-order valence-electron chi connectivity index (χ1n) is 10.8. The number of halogens is 1. The van der Waals surface area contributed by atoms with Crippen molar-refractivity contribution in [1.29, 1.82) is 0 Å². The lowest BCUT2D eigenvalue weighted by atomic mass is 9.96. The van der Waals surface area contributed by atoms with Gasteiger partial charge in [0.2, 0.25) is 0 Å². The van der Waals surface area contributed by atoms with Gasteiger partial charge in [-0.1, -0.05) is 72.8 Å². The average molecular weight is 421 g/mol. The van der Waals surface area contributed by atoms with Crippen LogP contribution in [0.2, 0.25) is 0 Å². The molecule has 4 rings (SSSR count). The van der Waals surface area contributed by atoms with E-state index in [0.717, 1.165) is 26.2 Å².